The van der Waals surface area contributed by atoms with Crippen molar-refractivity contribution < 1.29 is 85.1 Å². The van der Waals surface area contributed by atoms with Gasteiger partial charge in [-0.15, -0.1) is 23.5 Å². The molecule has 0 spiro atoms. The van der Waals surface area contributed by atoms with Crippen LogP contribution in [0.4, 0.5) is 0 Å². The van der Waals surface area contributed by atoms with Gasteiger partial charge >= 0.3 is 59.1 Å². The fourth-order valence-electron chi connectivity index (χ4n) is 2.78. The Morgan fingerprint density at radius 2 is 1.06 bits per heavy atom. The molecule has 0 atom stereocenters. The van der Waals surface area contributed by atoms with E-state index in [1.165, 1.54) is 10.6 Å². The molecule has 0 aliphatic rings. The average molecular weight is 567 g/mol. The van der Waals surface area contributed by atoms with Gasteiger partial charge in [0.1, 0.15) is 0 Å². The van der Waals surface area contributed by atoms with Crippen molar-refractivity contribution in [3.8, 4) is 0 Å². The molecule has 172 valence electrons. The number of benzene rings is 2. The van der Waals surface area contributed by atoms with Crippen molar-refractivity contribution in [2.75, 3.05) is 29.2 Å². The molecule has 2 aromatic carbocycles. The van der Waals surface area contributed by atoms with E-state index < -0.39 is 39.7 Å². The van der Waals surface area contributed by atoms with Crippen molar-refractivity contribution >= 4 is 62.3 Å². The largest absolute Gasteiger partial charge is 1.00 e. The second kappa shape index (κ2) is 17.8. The van der Waals surface area contributed by atoms with E-state index in [2.05, 4.69) is 24.3 Å². The second-order valence-corrected chi connectivity index (χ2v) is 14.9. The molecular formula is C20H25Na2O6PS4. The first-order chi connectivity index (χ1) is 14.6. The van der Waals surface area contributed by atoms with Crippen molar-refractivity contribution in [2.24, 2.45) is 0 Å². The van der Waals surface area contributed by atoms with Gasteiger partial charge in [0.25, 0.3) is 0 Å². The molecule has 33 heavy (non-hydrogen) atoms. The number of hydrogen-bond acceptors (Lipinski definition) is 8. The molecule has 0 N–H and O–H groups in total. The van der Waals surface area contributed by atoms with Crippen LogP contribution in [0.1, 0.15) is 12.8 Å². The Kier molecular flexibility index (Phi) is 18.5. The monoisotopic (exact) mass is 566 g/mol. The van der Waals surface area contributed by atoms with Crippen molar-refractivity contribution in [3.05, 3.63) is 60.7 Å². The molecule has 0 aliphatic carbocycles. The molecule has 0 bridgehead atoms. The van der Waals surface area contributed by atoms with Gasteiger partial charge < -0.3 is 9.11 Å². The Labute approximate surface area is 251 Å². The van der Waals surface area contributed by atoms with Crippen LogP contribution in [-0.2, 0) is 20.2 Å². The van der Waals surface area contributed by atoms with E-state index in [4.69, 9.17) is 0 Å². The van der Waals surface area contributed by atoms with E-state index in [0.29, 0.717) is 11.5 Å². The maximum absolute atomic E-state index is 10.9. The smallest absolute Gasteiger partial charge is 0.748 e. The Morgan fingerprint density at radius 3 is 1.39 bits per heavy atom. The van der Waals surface area contributed by atoms with Crippen LogP contribution in [0.2, 0.25) is 0 Å². The Morgan fingerprint density at radius 1 is 0.697 bits per heavy atom. The zero-order chi connectivity index (χ0) is 22.7. The zero-order valence-corrected chi connectivity index (χ0v) is 27.0. The van der Waals surface area contributed by atoms with Crippen molar-refractivity contribution in [1.29, 1.82) is 0 Å². The molecule has 13 heteroatoms. The van der Waals surface area contributed by atoms with Crippen LogP contribution in [0.5, 0.6) is 0 Å². The van der Waals surface area contributed by atoms with Gasteiger partial charge in [-0.2, -0.15) is 0 Å². The molecule has 0 saturated heterocycles. The van der Waals surface area contributed by atoms with Crippen LogP contribution in [-0.4, -0.2) is 59.7 Å². The molecule has 6 nitrogen and oxygen atoms in total. The minimum absolute atomic E-state index is 0. The molecule has 2 aromatic rings. The Balaban J connectivity index is 0.00000512. The number of hydrogen-bond donors (Lipinski definition) is 0. The molecule has 0 aromatic heterocycles. The molecule has 0 radical (unpaired) electrons. The summed E-state index contributed by atoms with van der Waals surface area (Å²) in [7, 11) is -9.15. The average Bonchev–Trinajstić information content (AvgIpc) is 2.71. The third-order valence-electron chi connectivity index (χ3n) is 4.15. The normalized spacial score (nSPS) is 11.8. The number of thioether (sulfide) groups is 2. The van der Waals surface area contributed by atoms with Gasteiger partial charge in [0.2, 0.25) is 0 Å². The summed E-state index contributed by atoms with van der Waals surface area (Å²) in [5, 5.41) is 2.44. The van der Waals surface area contributed by atoms with Crippen molar-refractivity contribution in [3.63, 3.8) is 0 Å². The molecule has 0 unspecified atom stereocenters. The Hall–Kier alpha value is 1.39. The summed E-state index contributed by atoms with van der Waals surface area (Å²) < 4.78 is 65.3. The minimum Gasteiger partial charge on any atom is -0.748 e. The van der Waals surface area contributed by atoms with Crippen LogP contribution >= 0.6 is 31.4 Å². The van der Waals surface area contributed by atoms with Crippen molar-refractivity contribution in [1.82, 2.24) is 0 Å². The summed E-state index contributed by atoms with van der Waals surface area (Å²) in [5.74, 6) is 0.257. The van der Waals surface area contributed by atoms with Crippen LogP contribution in [0.15, 0.2) is 60.7 Å². The summed E-state index contributed by atoms with van der Waals surface area (Å²) in [5.41, 5.74) is 0. The predicted octanol–water partition coefficient (Wildman–Crippen LogP) is -3.21. The standard InChI is InChI=1S/C20H27O6PS4.2Na/c21-30(22,23)15-7-13-28-20(29-14-8-16-31(24,25)26)17-27(18-9-3-1-4-10-18)19-11-5-2-6-12-19;;/h1-6,9-12,20H,7-8,13-17H2,(H,21,22,23)(H,24,25,26);;/q;2*+1/p-2. The third-order valence-corrected chi connectivity index (χ3v) is 11.7. The minimum atomic E-state index is -4.24. The SMILES string of the molecule is O=S(=O)([O-])CCCSC(CP(c1ccccc1)c1ccccc1)SCCCS(=O)(=O)[O-].[Na+].[Na+]. The van der Waals surface area contributed by atoms with Gasteiger partial charge in [0.05, 0.1) is 24.8 Å². The summed E-state index contributed by atoms with van der Waals surface area (Å²) in [6.45, 7) is 0. The topological polar surface area (TPSA) is 114 Å². The maximum atomic E-state index is 10.9. The summed E-state index contributed by atoms with van der Waals surface area (Å²) in [4.78, 5) is 0. The molecule has 0 amide bonds. The van der Waals surface area contributed by atoms with Gasteiger partial charge in [0.15, 0.2) is 0 Å². The summed E-state index contributed by atoms with van der Waals surface area (Å²) in [6, 6.07) is 20.3. The van der Waals surface area contributed by atoms with E-state index in [9.17, 15) is 25.9 Å². The third kappa shape index (κ3) is 16.0. The fraction of sp³-hybridized carbons (Fsp3) is 0.400. The maximum Gasteiger partial charge on any atom is 1.00 e. The number of rotatable bonds is 14. The van der Waals surface area contributed by atoms with E-state index in [1.807, 2.05) is 36.4 Å². The molecule has 0 saturated carbocycles. The van der Waals surface area contributed by atoms with Crippen LogP contribution in [0, 0.1) is 0 Å². The van der Waals surface area contributed by atoms with Gasteiger partial charge in [-0.1, -0.05) is 60.7 Å². The quantitative estimate of drug-likeness (QED) is 0.0772. The zero-order valence-electron chi connectivity index (χ0n) is 18.8. The first kappa shape index (κ1) is 34.4. The summed E-state index contributed by atoms with van der Waals surface area (Å²) >= 11 is 3.17. The van der Waals surface area contributed by atoms with Gasteiger partial charge in [-0.3, -0.25) is 0 Å². The van der Waals surface area contributed by atoms with Crippen LogP contribution in [0.25, 0.3) is 0 Å². The molecule has 0 aliphatic heterocycles. The molecular weight excluding hydrogens is 541 g/mol. The van der Waals surface area contributed by atoms with E-state index in [-0.39, 0.29) is 76.5 Å². The molecule has 2 rings (SSSR count). The van der Waals surface area contributed by atoms with Crippen molar-refractivity contribution in [2.45, 2.75) is 17.4 Å². The first-order valence-corrected chi connectivity index (χ1v) is 16.4. The van der Waals surface area contributed by atoms with E-state index in [1.54, 1.807) is 23.5 Å². The van der Waals surface area contributed by atoms with Gasteiger partial charge in [-0.25, -0.2) is 16.8 Å². The Bertz CT molecular complexity index is 916. The van der Waals surface area contributed by atoms with E-state index in [0.717, 1.165) is 6.16 Å². The van der Waals surface area contributed by atoms with E-state index >= 15 is 0 Å². The molecule has 0 fully saturated rings. The summed E-state index contributed by atoms with van der Waals surface area (Å²) in [6.07, 6.45) is 1.36. The molecule has 0 heterocycles. The second-order valence-electron chi connectivity index (χ2n) is 6.68. The van der Waals surface area contributed by atoms with Crippen LogP contribution < -0.4 is 69.7 Å². The van der Waals surface area contributed by atoms with Gasteiger partial charge in [-0.05, 0) is 49.0 Å². The fourth-order valence-corrected chi connectivity index (χ4v) is 10.1. The predicted molar refractivity (Wildman–Crippen MR) is 131 cm³/mol. The first-order valence-electron chi connectivity index (χ1n) is 9.62. The van der Waals surface area contributed by atoms with Gasteiger partial charge in [0, 0.05) is 11.5 Å². The van der Waals surface area contributed by atoms with Crippen LogP contribution in [0.3, 0.4) is 0 Å².